The van der Waals surface area contributed by atoms with Gasteiger partial charge < -0.3 is 40.2 Å². The zero-order valence-corrected chi connectivity index (χ0v) is 29.7. The zero-order chi connectivity index (χ0) is 37.4. The third-order valence-electron chi connectivity index (χ3n) is 7.70. The van der Waals surface area contributed by atoms with Gasteiger partial charge in [-0.25, -0.2) is 9.59 Å². The summed E-state index contributed by atoms with van der Waals surface area (Å²) in [6.45, 7) is 7.88. The van der Waals surface area contributed by atoms with Crippen molar-refractivity contribution in [1.82, 2.24) is 9.80 Å². The third-order valence-corrected chi connectivity index (χ3v) is 7.70. The van der Waals surface area contributed by atoms with Crippen LogP contribution in [0.3, 0.4) is 0 Å². The number of carbonyl (C=O) groups is 6. The van der Waals surface area contributed by atoms with Crippen molar-refractivity contribution in [2.45, 2.75) is 65.5 Å². The molecule has 0 saturated carbocycles. The van der Waals surface area contributed by atoms with Crippen LogP contribution in [0, 0.1) is 11.8 Å². The van der Waals surface area contributed by atoms with Crippen molar-refractivity contribution in [3.05, 3.63) is 48.5 Å². The predicted octanol–water partition coefficient (Wildman–Crippen LogP) is 2.69. The number of para-hydroxylation sites is 2. The van der Waals surface area contributed by atoms with Gasteiger partial charge in [-0.2, -0.15) is 0 Å². The largest absolute Gasteiger partial charge is 0.493 e. The van der Waals surface area contributed by atoms with Crippen molar-refractivity contribution in [2.75, 3.05) is 40.5 Å². The number of primary amides is 2. The standard InChI is InChI=1S/C36H50N4O10/c1-23(2)21-27(35(45)47-5)39(33(43)31(37)41)17-11-19-49-29-15-9-7-13-25(29)26-14-8-10-16-30(26)50-20-12-18-40(34(44)32(38)42)28(22-24(3)4)36(46)48-6/h7-10,13-16,23-24,27-28H,11-12,17-22H2,1-6H3,(H2,37,41)(H2,38,42)/t27-,28-/m1/s1. The van der Waals surface area contributed by atoms with E-state index in [-0.39, 0.29) is 63.8 Å². The van der Waals surface area contributed by atoms with Crippen LogP contribution in [0.1, 0.15) is 53.4 Å². The van der Waals surface area contributed by atoms with Gasteiger partial charge in [0.1, 0.15) is 23.6 Å². The van der Waals surface area contributed by atoms with Crippen molar-refractivity contribution in [2.24, 2.45) is 23.3 Å². The second-order valence-corrected chi connectivity index (χ2v) is 12.5. The lowest BCUT2D eigenvalue weighted by molar-refractivity contribution is -0.156. The zero-order valence-electron chi connectivity index (χ0n) is 29.7. The van der Waals surface area contributed by atoms with Crippen LogP contribution < -0.4 is 20.9 Å². The molecule has 4 N–H and O–H groups in total. The number of hydrogen-bond acceptors (Lipinski definition) is 10. The fourth-order valence-corrected chi connectivity index (χ4v) is 5.41. The van der Waals surface area contributed by atoms with E-state index in [1.54, 1.807) is 24.3 Å². The summed E-state index contributed by atoms with van der Waals surface area (Å²) in [5.41, 5.74) is 12.0. The molecule has 0 aliphatic heterocycles. The number of amides is 4. The summed E-state index contributed by atoms with van der Waals surface area (Å²) in [5.74, 6) is -4.45. The molecule has 274 valence electrons. The van der Waals surface area contributed by atoms with Gasteiger partial charge in [-0.05, 0) is 49.7 Å². The van der Waals surface area contributed by atoms with E-state index in [0.29, 0.717) is 22.6 Å². The van der Waals surface area contributed by atoms with Gasteiger partial charge in [-0.1, -0.05) is 64.1 Å². The monoisotopic (exact) mass is 698 g/mol. The lowest BCUT2D eigenvalue weighted by atomic mass is 10.0. The topological polar surface area (TPSA) is 198 Å². The van der Waals surface area contributed by atoms with Gasteiger partial charge in [0, 0.05) is 24.2 Å². The quantitative estimate of drug-likeness (QED) is 0.125. The van der Waals surface area contributed by atoms with Crippen LogP contribution >= 0.6 is 0 Å². The first kappa shape index (κ1) is 41.0. The fraction of sp³-hybridized carbons (Fsp3) is 0.500. The van der Waals surface area contributed by atoms with Crippen LogP contribution in [0.4, 0.5) is 0 Å². The molecule has 14 nitrogen and oxygen atoms in total. The Balaban J connectivity index is 2.19. The molecule has 14 heteroatoms. The number of esters is 2. The minimum absolute atomic E-state index is 0.0272. The van der Waals surface area contributed by atoms with Gasteiger partial charge in [0.2, 0.25) is 0 Å². The molecule has 0 aromatic heterocycles. The summed E-state index contributed by atoms with van der Waals surface area (Å²) < 4.78 is 22.0. The molecule has 0 radical (unpaired) electrons. The molecule has 2 aromatic carbocycles. The Labute approximate surface area is 293 Å². The van der Waals surface area contributed by atoms with Crippen molar-refractivity contribution >= 4 is 35.6 Å². The highest BCUT2D eigenvalue weighted by atomic mass is 16.5. The number of ether oxygens (including phenoxy) is 4. The maximum Gasteiger partial charge on any atom is 0.328 e. The highest BCUT2D eigenvalue weighted by Gasteiger charge is 2.34. The number of hydrogen-bond donors (Lipinski definition) is 2. The molecule has 0 aliphatic carbocycles. The SMILES string of the molecule is COC(=O)[C@@H](CC(C)C)N(CCCOc1ccccc1-c1ccccc1OCCCN(C(=O)C(N)=O)[C@H](CC(C)C)C(=O)OC)C(=O)C(N)=O. The lowest BCUT2D eigenvalue weighted by Crippen LogP contribution is -2.51. The van der Waals surface area contributed by atoms with E-state index in [4.69, 9.17) is 30.4 Å². The van der Waals surface area contributed by atoms with Crippen LogP contribution in [-0.4, -0.2) is 98.0 Å². The molecule has 0 unspecified atom stereocenters. The molecular weight excluding hydrogens is 648 g/mol. The van der Waals surface area contributed by atoms with Gasteiger partial charge in [0.15, 0.2) is 0 Å². The summed E-state index contributed by atoms with van der Waals surface area (Å²) in [5, 5.41) is 0. The first-order valence-electron chi connectivity index (χ1n) is 16.5. The molecule has 4 amide bonds. The molecule has 0 spiro atoms. The highest BCUT2D eigenvalue weighted by molar-refractivity contribution is 6.35. The summed E-state index contributed by atoms with van der Waals surface area (Å²) in [4.78, 5) is 76.3. The number of methoxy groups -OCH3 is 2. The average molecular weight is 699 g/mol. The van der Waals surface area contributed by atoms with Gasteiger partial charge in [-0.3, -0.25) is 19.2 Å². The number of benzene rings is 2. The van der Waals surface area contributed by atoms with Gasteiger partial charge in [0.25, 0.3) is 0 Å². The van der Waals surface area contributed by atoms with E-state index in [2.05, 4.69) is 0 Å². The fourth-order valence-electron chi connectivity index (χ4n) is 5.41. The molecule has 2 atom stereocenters. The highest BCUT2D eigenvalue weighted by Crippen LogP contribution is 2.36. The van der Waals surface area contributed by atoms with Crippen LogP contribution in [0.15, 0.2) is 48.5 Å². The summed E-state index contributed by atoms with van der Waals surface area (Å²) >= 11 is 0. The Hall–Kier alpha value is -5.14. The minimum atomic E-state index is -1.17. The maximum absolute atomic E-state index is 12.7. The minimum Gasteiger partial charge on any atom is -0.493 e. The average Bonchev–Trinajstić information content (AvgIpc) is 3.09. The van der Waals surface area contributed by atoms with Crippen LogP contribution in [0.25, 0.3) is 11.1 Å². The molecule has 0 saturated heterocycles. The van der Waals surface area contributed by atoms with Crippen molar-refractivity contribution in [1.29, 1.82) is 0 Å². The normalized spacial score (nSPS) is 12.1. The molecular formula is C36H50N4O10. The van der Waals surface area contributed by atoms with Crippen LogP contribution in [0.5, 0.6) is 11.5 Å². The summed E-state index contributed by atoms with van der Waals surface area (Å²) in [6.07, 6.45) is 1.13. The predicted molar refractivity (Wildman–Crippen MR) is 184 cm³/mol. The molecule has 50 heavy (non-hydrogen) atoms. The van der Waals surface area contributed by atoms with Gasteiger partial charge >= 0.3 is 35.6 Å². The molecule has 0 bridgehead atoms. The maximum atomic E-state index is 12.7. The molecule has 0 aliphatic rings. The van der Waals surface area contributed by atoms with E-state index >= 15 is 0 Å². The van der Waals surface area contributed by atoms with Crippen molar-refractivity contribution in [3.8, 4) is 22.6 Å². The Morgan fingerprint density at radius 3 is 1.24 bits per heavy atom. The second-order valence-electron chi connectivity index (χ2n) is 12.5. The van der Waals surface area contributed by atoms with Crippen LogP contribution in [-0.2, 0) is 38.2 Å². The number of nitrogens with zero attached hydrogens (tertiary/aromatic N) is 2. The second kappa shape index (κ2) is 20.4. The van der Waals surface area contributed by atoms with E-state index in [1.807, 2.05) is 52.0 Å². The number of carbonyl (C=O) groups excluding carboxylic acids is 6. The first-order valence-corrected chi connectivity index (χ1v) is 16.5. The smallest absolute Gasteiger partial charge is 0.328 e. The summed E-state index contributed by atoms with van der Waals surface area (Å²) in [6, 6.07) is 12.6. The number of rotatable bonds is 19. The Morgan fingerprint density at radius 2 is 0.940 bits per heavy atom. The molecule has 0 fully saturated rings. The van der Waals surface area contributed by atoms with Crippen LogP contribution in [0.2, 0.25) is 0 Å². The van der Waals surface area contributed by atoms with E-state index in [0.717, 1.165) is 9.80 Å². The third kappa shape index (κ3) is 12.1. The Kier molecular flexibility index (Phi) is 16.7. The van der Waals surface area contributed by atoms with E-state index in [9.17, 15) is 28.8 Å². The lowest BCUT2D eigenvalue weighted by Gasteiger charge is -2.30. The molecule has 2 aromatic rings. The van der Waals surface area contributed by atoms with E-state index in [1.165, 1.54) is 14.2 Å². The Bertz CT molecular complexity index is 1370. The number of nitrogens with two attached hydrogens (primary N) is 2. The van der Waals surface area contributed by atoms with Gasteiger partial charge in [0.05, 0.1) is 27.4 Å². The van der Waals surface area contributed by atoms with Gasteiger partial charge in [-0.15, -0.1) is 0 Å². The Morgan fingerprint density at radius 1 is 0.600 bits per heavy atom. The van der Waals surface area contributed by atoms with E-state index < -0.39 is 47.7 Å². The van der Waals surface area contributed by atoms with Crippen molar-refractivity contribution in [3.63, 3.8) is 0 Å². The van der Waals surface area contributed by atoms with Crippen molar-refractivity contribution < 1.29 is 47.7 Å². The first-order chi connectivity index (χ1) is 23.7. The summed E-state index contributed by atoms with van der Waals surface area (Å²) in [7, 11) is 2.44. The molecule has 0 heterocycles. The molecule has 2 rings (SSSR count).